The van der Waals surface area contributed by atoms with Crippen molar-refractivity contribution in [2.75, 3.05) is 37.9 Å². The Morgan fingerprint density at radius 2 is 1.89 bits per heavy atom. The van der Waals surface area contributed by atoms with Gasteiger partial charge in [-0.2, -0.15) is 0 Å². The smallest absolute Gasteiger partial charge is 0.215 e. The first kappa shape index (κ1) is 15.9. The van der Waals surface area contributed by atoms with Crippen LogP contribution in [0.2, 0.25) is 0 Å². The number of sulfonamides is 1. The number of nitrogens with zero attached hydrogens (tertiary/aromatic N) is 1. The van der Waals surface area contributed by atoms with Crippen LogP contribution >= 0.6 is 0 Å². The zero-order chi connectivity index (χ0) is 13.8. The molecule has 0 amide bonds. The molecule has 0 aliphatic carbocycles. The van der Waals surface area contributed by atoms with E-state index < -0.39 is 19.9 Å². The molecule has 1 aliphatic rings. The average molecular weight is 298 g/mol. The SMILES string of the molecule is CN(CCS(C)(=O)=O)S(=O)(=O)CC1CCCCN1. The molecule has 6 nitrogen and oxygen atoms in total. The molecule has 0 bridgehead atoms. The van der Waals surface area contributed by atoms with Crippen molar-refractivity contribution in [3.8, 4) is 0 Å². The summed E-state index contributed by atoms with van der Waals surface area (Å²) < 4.78 is 47.2. The molecule has 1 heterocycles. The van der Waals surface area contributed by atoms with Gasteiger partial charge in [0.2, 0.25) is 10.0 Å². The second kappa shape index (κ2) is 6.31. The van der Waals surface area contributed by atoms with Crippen LogP contribution in [0.25, 0.3) is 0 Å². The highest BCUT2D eigenvalue weighted by Crippen LogP contribution is 2.11. The Morgan fingerprint density at radius 1 is 1.22 bits per heavy atom. The summed E-state index contributed by atoms with van der Waals surface area (Å²) in [4.78, 5) is 0. The number of piperidine rings is 1. The first-order valence-corrected chi connectivity index (χ1v) is 9.73. The maximum atomic E-state index is 12.0. The Morgan fingerprint density at radius 3 is 2.39 bits per heavy atom. The highest BCUT2D eigenvalue weighted by Gasteiger charge is 2.25. The largest absolute Gasteiger partial charge is 0.313 e. The number of hydrogen-bond donors (Lipinski definition) is 1. The minimum atomic E-state index is -3.38. The van der Waals surface area contributed by atoms with E-state index >= 15 is 0 Å². The molecule has 8 heteroatoms. The second-order valence-electron chi connectivity index (χ2n) is 4.88. The lowest BCUT2D eigenvalue weighted by Gasteiger charge is -2.25. The fourth-order valence-electron chi connectivity index (χ4n) is 1.88. The minimum absolute atomic E-state index is 0.00978. The Labute approximate surface area is 110 Å². The van der Waals surface area contributed by atoms with E-state index in [1.807, 2.05) is 0 Å². The van der Waals surface area contributed by atoms with Gasteiger partial charge in [0.05, 0.1) is 11.5 Å². The Kier molecular flexibility index (Phi) is 5.57. The van der Waals surface area contributed by atoms with Crippen molar-refractivity contribution in [3.05, 3.63) is 0 Å². The summed E-state index contributed by atoms with van der Waals surface area (Å²) >= 11 is 0. The number of rotatable bonds is 6. The highest BCUT2D eigenvalue weighted by atomic mass is 32.2. The van der Waals surface area contributed by atoms with Crippen LogP contribution in [-0.4, -0.2) is 65.1 Å². The quantitative estimate of drug-likeness (QED) is 0.710. The number of nitrogens with one attached hydrogen (secondary N) is 1. The lowest BCUT2D eigenvalue weighted by Crippen LogP contribution is -2.44. The molecular weight excluding hydrogens is 276 g/mol. The molecule has 0 saturated carbocycles. The maximum Gasteiger partial charge on any atom is 0.215 e. The molecule has 1 atom stereocenters. The van der Waals surface area contributed by atoms with E-state index in [-0.39, 0.29) is 24.1 Å². The summed E-state index contributed by atoms with van der Waals surface area (Å²) in [5.74, 6) is -0.0892. The molecule has 1 saturated heterocycles. The van der Waals surface area contributed by atoms with Crippen molar-refractivity contribution in [2.45, 2.75) is 25.3 Å². The molecule has 1 rings (SSSR count). The molecular formula is C10H22N2O4S2. The van der Waals surface area contributed by atoms with Gasteiger partial charge < -0.3 is 5.32 Å². The molecule has 1 fully saturated rings. The van der Waals surface area contributed by atoms with Crippen molar-refractivity contribution in [3.63, 3.8) is 0 Å². The molecule has 1 N–H and O–H groups in total. The minimum Gasteiger partial charge on any atom is -0.313 e. The molecule has 0 aromatic carbocycles. The summed E-state index contributed by atoms with van der Waals surface area (Å²) in [6, 6.07) is -0.00978. The summed E-state index contributed by atoms with van der Waals surface area (Å²) in [6.07, 6.45) is 4.09. The molecule has 0 aromatic heterocycles. The van der Waals surface area contributed by atoms with Gasteiger partial charge in [-0.05, 0) is 19.4 Å². The van der Waals surface area contributed by atoms with Gasteiger partial charge in [0.25, 0.3) is 0 Å². The van der Waals surface area contributed by atoms with E-state index in [1.165, 1.54) is 7.05 Å². The predicted octanol–water partition coefficient (Wildman–Crippen LogP) is -0.565. The van der Waals surface area contributed by atoms with E-state index in [4.69, 9.17) is 0 Å². The zero-order valence-corrected chi connectivity index (χ0v) is 12.6. The van der Waals surface area contributed by atoms with Crippen LogP contribution < -0.4 is 5.32 Å². The Balaban J connectivity index is 2.51. The van der Waals surface area contributed by atoms with Crippen LogP contribution in [0.1, 0.15) is 19.3 Å². The van der Waals surface area contributed by atoms with Crippen molar-refractivity contribution in [1.29, 1.82) is 0 Å². The van der Waals surface area contributed by atoms with Gasteiger partial charge in [0.1, 0.15) is 9.84 Å². The summed E-state index contributed by atoms with van der Waals surface area (Å²) in [7, 11) is -5.08. The summed E-state index contributed by atoms with van der Waals surface area (Å²) in [6.45, 7) is 0.876. The van der Waals surface area contributed by atoms with E-state index in [1.54, 1.807) is 0 Å². The van der Waals surface area contributed by atoms with Gasteiger partial charge in [-0.3, -0.25) is 0 Å². The van der Waals surface area contributed by atoms with Gasteiger partial charge >= 0.3 is 0 Å². The van der Waals surface area contributed by atoms with Gasteiger partial charge in [0.15, 0.2) is 0 Å². The zero-order valence-electron chi connectivity index (χ0n) is 10.9. The maximum absolute atomic E-state index is 12.0. The average Bonchev–Trinajstić information content (AvgIpc) is 2.25. The van der Waals surface area contributed by atoms with E-state index in [0.717, 1.165) is 36.4 Å². The van der Waals surface area contributed by atoms with Gasteiger partial charge in [-0.1, -0.05) is 6.42 Å². The van der Waals surface area contributed by atoms with Crippen molar-refractivity contribution < 1.29 is 16.8 Å². The van der Waals surface area contributed by atoms with Crippen molar-refractivity contribution >= 4 is 19.9 Å². The third-order valence-electron chi connectivity index (χ3n) is 3.08. The number of hydrogen-bond acceptors (Lipinski definition) is 5. The lowest BCUT2D eigenvalue weighted by atomic mass is 10.1. The van der Waals surface area contributed by atoms with Crippen LogP contribution in [0.4, 0.5) is 0 Å². The summed E-state index contributed by atoms with van der Waals surface area (Å²) in [5, 5.41) is 3.18. The summed E-state index contributed by atoms with van der Waals surface area (Å²) in [5.41, 5.74) is 0. The van der Waals surface area contributed by atoms with Crippen LogP contribution in [0.5, 0.6) is 0 Å². The van der Waals surface area contributed by atoms with Crippen LogP contribution in [0.3, 0.4) is 0 Å². The Bertz CT molecular complexity index is 452. The lowest BCUT2D eigenvalue weighted by molar-refractivity contribution is 0.412. The first-order valence-electron chi connectivity index (χ1n) is 6.06. The molecule has 0 radical (unpaired) electrons. The van der Waals surface area contributed by atoms with Crippen LogP contribution in [0, 0.1) is 0 Å². The van der Waals surface area contributed by atoms with Crippen molar-refractivity contribution in [2.24, 2.45) is 0 Å². The topological polar surface area (TPSA) is 83.6 Å². The monoisotopic (exact) mass is 298 g/mol. The van der Waals surface area contributed by atoms with E-state index in [2.05, 4.69) is 5.32 Å². The third-order valence-corrected chi connectivity index (χ3v) is 5.96. The normalized spacial score (nSPS) is 22.3. The van der Waals surface area contributed by atoms with Gasteiger partial charge in [0, 0.05) is 25.9 Å². The molecule has 1 unspecified atom stereocenters. The van der Waals surface area contributed by atoms with Gasteiger partial charge in [-0.25, -0.2) is 21.1 Å². The molecule has 1 aliphatic heterocycles. The Hall–Kier alpha value is -0.180. The highest BCUT2D eigenvalue weighted by molar-refractivity contribution is 7.91. The molecule has 0 aromatic rings. The molecule has 18 heavy (non-hydrogen) atoms. The third kappa shape index (κ3) is 5.64. The number of sulfone groups is 1. The fourth-order valence-corrected chi connectivity index (χ4v) is 4.02. The first-order chi connectivity index (χ1) is 8.21. The van der Waals surface area contributed by atoms with E-state index in [0.29, 0.717) is 0 Å². The van der Waals surface area contributed by atoms with Crippen LogP contribution in [0.15, 0.2) is 0 Å². The van der Waals surface area contributed by atoms with Crippen LogP contribution in [-0.2, 0) is 19.9 Å². The molecule has 108 valence electrons. The predicted molar refractivity (Wildman–Crippen MR) is 71.8 cm³/mol. The standard InChI is InChI=1S/C10H22N2O4S2/c1-12(7-8-17(2,13)14)18(15,16)9-10-5-3-4-6-11-10/h10-11H,3-9H2,1-2H3. The fraction of sp³-hybridized carbons (Fsp3) is 1.00. The molecule has 0 spiro atoms. The van der Waals surface area contributed by atoms with E-state index in [9.17, 15) is 16.8 Å². The van der Waals surface area contributed by atoms with Gasteiger partial charge in [-0.15, -0.1) is 0 Å². The second-order valence-corrected chi connectivity index (χ2v) is 9.26. The van der Waals surface area contributed by atoms with Crippen molar-refractivity contribution in [1.82, 2.24) is 9.62 Å².